The van der Waals surface area contributed by atoms with Gasteiger partial charge in [-0.05, 0) is 185 Å². The first kappa shape index (κ1) is 36.5. The van der Waals surface area contributed by atoms with E-state index in [0.29, 0.717) is 0 Å². The second kappa shape index (κ2) is 15.1. The van der Waals surface area contributed by atoms with Crippen LogP contribution in [-0.4, -0.2) is 0 Å². The second-order valence-electron chi connectivity index (χ2n) is 15.9. The van der Waals surface area contributed by atoms with Gasteiger partial charge in [-0.15, -0.1) is 0 Å². The van der Waals surface area contributed by atoms with Crippen LogP contribution in [0.4, 0.5) is 0 Å². The molecule has 0 aromatic heterocycles. The van der Waals surface area contributed by atoms with Gasteiger partial charge in [0.1, 0.15) is 0 Å². The summed E-state index contributed by atoms with van der Waals surface area (Å²) in [7, 11) is 0. The first-order valence-electron chi connectivity index (χ1n) is 20.5. The maximum atomic E-state index is 2.00. The van der Waals surface area contributed by atoms with Crippen LogP contribution in [0.5, 0.6) is 0 Å². The molecule has 0 nitrogen and oxygen atoms in total. The average molecular weight is 585 g/mol. The van der Waals surface area contributed by atoms with Crippen molar-refractivity contribution in [1.29, 1.82) is 0 Å². The van der Waals surface area contributed by atoms with Crippen LogP contribution in [0.2, 0.25) is 0 Å². The molecule has 0 radical (unpaired) electrons. The molecular formula is C42H80. The van der Waals surface area contributed by atoms with Crippen LogP contribution in [0.3, 0.4) is 0 Å². The molecule has 12 saturated carbocycles. The van der Waals surface area contributed by atoms with E-state index in [4.69, 9.17) is 0 Å². The zero-order valence-corrected chi connectivity index (χ0v) is 31.3. The van der Waals surface area contributed by atoms with Gasteiger partial charge in [-0.3, -0.25) is 0 Å². The average Bonchev–Trinajstić information content (AvgIpc) is 3.01. The maximum absolute atomic E-state index is 2.00. The summed E-state index contributed by atoms with van der Waals surface area (Å²) in [6, 6.07) is 0. The summed E-state index contributed by atoms with van der Waals surface area (Å²) in [6.45, 7) is 24.0. The monoisotopic (exact) mass is 585 g/mol. The highest BCUT2D eigenvalue weighted by Crippen LogP contribution is 2.82. The van der Waals surface area contributed by atoms with E-state index < -0.39 is 0 Å². The molecule has 0 spiro atoms. The zero-order valence-electron chi connectivity index (χ0n) is 31.3. The lowest BCUT2D eigenvalue weighted by Gasteiger charge is -2.76. The number of rotatable bonds is 2. The third-order valence-corrected chi connectivity index (χ3v) is 14.4. The highest BCUT2D eigenvalue weighted by molar-refractivity contribution is 5.22. The molecule has 12 fully saturated rings. The van der Waals surface area contributed by atoms with E-state index in [2.05, 4.69) is 0 Å². The van der Waals surface area contributed by atoms with Gasteiger partial charge in [-0.1, -0.05) is 83.1 Å². The molecule has 0 unspecified atom stereocenters. The van der Waals surface area contributed by atoms with Gasteiger partial charge in [0.25, 0.3) is 0 Å². The molecule has 0 aromatic carbocycles. The Morgan fingerprint density at radius 2 is 0.405 bits per heavy atom. The van der Waals surface area contributed by atoms with E-state index >= 15 is 0 Å². The Kier molecular flexibility index (Phi) is 13.1. The molecule has 0 aromatic rings. The van der Waals surface area contributed by atoms with E-state index in [1.54, 1.807) is 116 Å². The summed E-state index contributed by atoms with van der Waals surface area (Å²) in [4.78, 5) is 0. The Morgan fingerprint density at radius 1 is 0.238 bits per heavy atom. The van der Waals surface area contributed by atoms with E-state index in [1.807, 2.05) is 83.1 Å². The molecule has 0 N–H and O–H groups in total. The van der Waals surface area contributed by atoms with Crippen LogP contribution in [0.1, 0.15) is 199 Å². The van der Waals surface area contributed by atoms with Crippen molar-refractivity contribution in [3.05, 3.63) is 0 Å². The van der Waals surface area contributed by atoms with Crippen LogP contribution in [0.25, 0.3) is 0 Å². The minimum Gasteiger partial charge on any atom is -0.0683 e. The quantitative estimate of drug-likeness (QED) is 0.303. The van der Waals surface area contributed by atoms with Gasteiger partial charge in [0.2, 0.25) is 0 Å². The van der Waals surface area contributed by atoms with Crippen molar-refractivity contribution in [2.75, 3.05) is 0 Å². The maximum Gasteiger partial charge on any atom is -0.0230 e. The van der Waals surface area contributed by atoms with Gasteiger partial charge in [0.05, 0.1) is 0 Å². The number of hydrogen-bond donors (Lipinski definition) is 0. The van der Waals surface area contributed by atoms with Gasteiger partial charge in [-0.25, -0.2) is 0 Å². The van der Waals surface area contributed by atoms with Crippen LogP contribution in [0, 0.1) is 69.0 Å². The molecule has 0 saturated heterocycles. The normalized spacial score (nSPS) is 50.0. The largest absolute Gasteiger partial charge is 0.0683 e. The highest BCUT2D eigenvalue weighted by Gasteiger charge is 2.72. The van der Waals surface area contributed by atoms with Crippen molar-refractivity contribution in [2.45, 2.75) is 199 Å². The summed E-state index contributed by atoms with van der Waals surface area (Å²) in [5.41, 5.74) is 3.28. The molecule has 12 aliphatic rings. The molecule has 12 aliphatic carbocycles. The summed E-state index contributed by atoms with van der Waals surface area (Å²) < 4.78 is 0. The minimum absolute atomic E-state index is 0.816. The lowest BCUT2D eigenvalue weighted by atomic mass is 9.28. The van der Waals surface area contributed by atoms with Crippen LogP contribution in [0.15, 0.2) is 0 Å². The second-order valence-corrected chi connectivity index (χ2v) is 15.9. The third-order valence-electron chi connectivity index (χ3n) is 14.4. The Balaban J connectivity index is 0.000000365. The van der Waals surface area contributed by atoms with Crippen molar-refractivity contribution >= 4 is 0 Å². The zero-order chi connectivity index (χ0) is 31.3. The molecule has 12 rings (SSSR count). The predicted octanol–water partition coefficient (Wildman–Crippen LogP) is 14.2. The molecule has 0 heterocycles. The molecule has 0 heteroatoms. The van der Waals surface area contributed by atoms with Crippen molar-refractivity contribution in [1.82, 2.24) is 0 Å². The summed E-state index contributed by atoms with van der Waals surface area (Å²) >= 11 is 0. The topological polar surface area (TPSA) is 0 Å². The predicted molar refractivity (Wildman–Crippen MR) is 189 cm³/mol. The molecule has 12 bridgehead atoms. The Hall–Kier alpha value is 0. The van der Waals surface area contributed by atoms with Crippen LogP contribution in [-0.2, 0) is 0 Å². The van der Waals surface area contributed by atoms with Crippen LogP contribution >= 0.6 is 0 Å². The van der Waals surface area contributed by atoms with Crippen LogP contribution < -0.4 is 0 Å². The van der Waals surface area contributed by atoms with Gasteiger partial charge < -0.3 is 0 Å². The molecule has 248 valence electrons. The highest BCUT2D eigenvalue weighted by atomic mass is 14.8. The van der Waals surface area contributed by atoms with E-state index in [-0.39, 0.29) is 0 Å². The molecule has 0 atom stereocenters. The number of hydrogen-bond acceptors (Lipinski definition) is 0. The smallest absolute Gasteiger partial charge is 0.0230 e. The van der Waals surface area contributed by atoms with Gasteiger partial charge in [0.15, 0.2) is 0 Å². The Bertz CT molecular complexity index is 639. The fraction of sp³-hybridized carbons (Fsp3) is 1.00. The van der Waals surface area contributed by atoms with Gasteiger partial charge in [-0.2, -0.15) is 0 Å². The Morgan fingerprint density at radius 3 is 0.619 bits per heavy atom. The SMILES string of the molecule is C1C2CC3CC1CC(C14CC5CC(C1)CC(C16CC7CC(CC(C7)C1)C6)(C5)C4)(C2)C3.CC.CC.CC.CC.CC.CC. The minimum atomic E-state index is 0.816. The van der Waals surface area contributed by atoms with Gasteiger partial charge in [0, 0.05) is 0 Å². The molecule has 0 amide bonds. The summed E-state index contributed by atoms with van der Waals surface area (Å²) in [5, 5.41) is 0. The summed E-state index contributed by atoms with van der Waals surface area (Å²) in [5.74, 6) is 9.21. The fourth-order valence-corrected chi connectivity index (χ4v) is 15.0. The van der Waals surface area contributed by atoms with E-state index in [0.717, 1.165) is 69.0 Å². The molecule has 0 aliphatic heterocycles. The standard InChI is InChI=1S/C30H44.6C2H6/c1-19-2-21-3-20(1)9-27(8-19,10-21)29-14-25-7-26(15-29)17-30(16-25,18-29)28-11-22-4-23(12-28)6-24(5-22)13-28;6*1-2/h19-26H,1-18H2;6*1-2H3. The third kappa shape index (κ3) is 5.85. The first-order valence-corrected chi connectivity index (χ1v) is 20.5. The van der Waals surface area contributed by atoms with Gasteiger partial charge >= 0.3 is 0 Å². The molecule has 42 heavy (non-hydrogen) atoms. The Labute approximate surface area is 267 Å². The van der Waals surface area contributed by atoms with E-state index in [9.17, 15) is 0 Å². The molecular weight excluding hydrogens is 504 g/mol. The lowest BCUT2D eigenvalue weighted by molar-refractivity contribution is -0.267. The van der Waals surface area contributed by atoms with Crippen molar-refractivity contribution in [2.24, 2.45) is 69.0 Å². The first-order chi connectivity index (χ1) is 20.5. The summed E-state index contributed by atoms with van der Waals surface area (Å²) in [6.07, 6.45) is 30.2. The van der Waals surface area contributed by atoms with Crippen molar-refractivity contribution < 1.29 is 0 Å². The van der Waals surface area contributed by atoms with E-state index in [1.165, 1.54) is 0 Å². The lowest BCUT2D eigenvalue weighted by Crippen LogP contribution is -2.67. The fourth-order valence-electron chi connectivity index (χ4n) is 15.0. The van der Waals surface area contributed by atoms with Crippen molar-refractivity contribution in [3.8, 4) is 0 Å². The van der Waals surface area contributed by atoms with Crippen molar-refractivity contribution in [3.63, 3.8) is 0 Å².